The fourth-order valence-electron chi connectivity index (χ4n) is 1.19. The largest absolute Gasteiger partial charge is 0.496 e. The van der Waals surface area contributed by atoms with E-state index in [9.17, 15) is 4.79 Å². The molecule has 1 aromatic carbocycles. The second kappa shape index (κ2) is 4.50. The van der Waals surface area contributed by atoms with Crippen LogP contribution in [0.2, 0.25) is 0 Å². The summed E-state index contributed by atoms with van der Waals surface area (Å²) in [5.41, 5.74) is 0.869. The number of carbonyl (C=O) groups excluding carboxylic acids is 1. The second-order valence-corrected chi connectivity index (χ2v) is 2.67. The second-order valence-electron chi connectivity index (χ2n) is 2.67. The van der Waals surface area contributed by atoms with Gasteiger partial charge in [0.1, 0.15) is 17.2 Å². The molecule has 0 amide bonds. The number of ether oxygens (including phenoxy) is 3. The van der Waals surface area contributed by atoms with Crippen molar-refractivity contribution in [1.29, 1.82) is 0 Å². The van der Waals surface area contributed by atoms with Crippen LogP contribution in [0.5, 0.6) is 17.2 Å². The molecule has 4 nitrogen and oxygen atoms in total. The Morgan fingerprint density at radius 2 is 1.64 bits per heavy atom. The fraction of sp³-hybridized carbons (Fsp3) is 0.300. The summed E-state index contributed by atoms with van der Waals surface area (Å²) in [6.45, 7) is 2.23. The molecule has 1 aromatic rings. The Morgan fingerprint density at radius 3 is 2.00 bits per heavy atom. The lowest BCUT2D eigenvalue weighted by Gasteiger charge is -2.10. The van der Waals surface area contributed by atoms with E-state index in [-0.39, 0.29) is 0 Å². The lowest BCUT2D eigenvalue weighted by atomic mass is 10.2. The van der Waals surface area contributed by atoms with E-state index in [4.69, 9.17) is 14.2 Å². The molecule has 76 valence electrons. The maximum Gasteiger partial charge on any atom is 0.298 e. The molecule has 1 rings (SSSR count). The van der Waals surface area contributed by atoms with Gasteiger partial charge >= 0.3 is 0 Å². The molecule has 0 unspecified atom stereocenters. The van der Waals surface area contributed by atoms with Crippen LogP contribution in [0.15, 0.2) is 12.1 Å². The van der Waals surface area contributed by atoms with E-state index < -0.39 is 0 Å². The van der Waals surface area contributed by atoms with Crippen LogP contribution in [0, 0.1) is 6.92 Å². The minimum Gasteiger partial charge on any atom is -0.496 e. The van der Waals surface area contributed by atoms with E-state index >= 15 is 0 Å². The summed E-state index contributed by atoms with van der Waals surface area (Å²) in [7, 11) is 3.10. The molecule has 0 aliphatic carbocycles. The smallest absolute Gasteiger partial charge is 0.298 e. The normalized spacial score (nSPS) is 9.36. The highest BCUT2D eigenvalue weighted by molar-refractivity contribution is 5.53. The van der Waals surface area contributed by atoms with Gasteiger partial charge < -0.3 is 14.2 Å². The Balaban J connectivity index is 3.17. The zero-order valence-corrected chi connectivity index (χ0v) is 8.37. The van der Waals surface area contributed by atoms with Crippen molar-refractivity contribution >= 4 is 6.47 Å². The molecule has 0 atom stereocenters. The van der Waals surface area contributed by atoms with Crippen molar-refractivity contribution in [2.75, 3.05) is 14.2 Å². The molecule has 14 heavy (non-hydrogen) atoms. The van der Waals surface area contributed by atoms with E-state index in [0.717, 1.165) is 5.56 Å². The Bertz CT molecular complexity index is 308. The van der Waals surface area contributed by atoms with Crippen molar-refractivity contribution in [1.82, 2.24) is 0 Å². The van der Waals surface area contributed by atoms with Crippen molar-refractivity contribution in [3.05, 3.63) is 17.7 Å². The van der Waals surface area contributed by atoms with Crippen molar-refractivity contribution < 1.29 is 19.0 Å². The number of hydrogen-bond acceptors (Lipinski definition) is 4. The molecule has 0 spiro atoms. The quantitative estimate of drug-likeness (QED) is 0.685. The summed E-state index contributed by atoms with van der Waals surface area (Å²) in [4.78, 5) is 10.2. The van der Waals surface area contributed by atoms with Gasteiger partial charge in [0.15, 0.2) is 0 Å². The van der Waals surface area contributed by atoms with Crippen LogP contribution in [0.3, 0.4) is 0 Å². The molecular weight excluding hydrogens is 184 g/mol. The first-order valence-electron chi connectivity index (χ1n) is 4.05. The van der Waals surface area contributed by atoms with Gasteiger partial charge in [-0.1, -0.05) is 0 Å². The summed E-state index contributed by atoms with van der Waals surface area (Å²) in [5.74, 6) is 1.65. The van der Waals surface area contributed by atoms with Crippen LogP contribution in [0.25, 0.3) is 0 Å². The number of rotatable bonds is 4. The van der Waals surface area contributed by atoms with Gasteiger partial charge in [-0.15, -0.1) is 0 Å². The molecule has 0 aliphatic heterocycles. The highest BCUT2D eigenvalue weighted by Crippen LogP contribution is 2.32. The van der Waals surface area contributed by atoms with Gasteiger partial charge in [0.05, 0.1) is 14.2 Å². The monoisotopic (exact) mass is 196 g/mol. The summed E-state index contributed by atoms with van der Waals surface area (Å²) < 4.78 is 14.9. The minimum atomic E-state index is 0.365. The van der Waals surface area contributed by atoms with E-state index in [2.05, 4.69) is 0 Å². The van der Waals surface area contributed by atoms with Gasteiger partial charge in [-0.25, -0.2) is 0 Å². The highest BCUT2D eigenvalue weighted by atomic mass is 16.5. The van der Waals surface area contributed by atoms with Gasteiger partial charge in [0, 0.05) is 17.7 Å². The van der Waals surface area contributed by atoms with Crippen LogP contribution in [-0.2, 0) is 4.79 Å². The summed E-state index contributed by atoms with van der Waals surface area (Å²) in [6.07, 6.45) is 0. The molecular formula is C10H12O4. The zero-order chi connectivity index (χ0) is 10.6. The maximum atomic E-state index is 10.2. The molecule has 0 radical (unpaired) electrons. The molecule has 0 aliphatic rings. The Kier molecular flexibility index (Phi) is 3.34. The average Bonchev–Trinajstić information content (AvgIpc) is 2.20. The molecule has 0 bridgehead atoms. The highest BCUT2D eigenvalue weighted by Gasteiger charge is 2.08. The predicted molar refractivity (Wildman–Crippen MR) is 51.0 cm³/mol. The van der Waals surface area contributed by atoms with Gasteiger partial charge in [-0.05, 0) is 6.92 Å². The standard InChI is InChI=1S/C10H12O4/c1-7-9(12-2)4-8(14-6-11)5-10(7)13-3/h4-6H,1-3H3. The van der Waals surface area contributed by atoms with Crippen LogP contribution in [-0.4, -0.2) is 20.7 Å². The molecule has 0 heterocycles. The third kappa shape index (κ3) is 1.96. The van der Waals surface area contributed by atoms with Crippen molar-refractivity contribution in [2.45, 2.75) is 6.92 Å². The lowest BCUT2D eigenvalue weighted by Crippen LogP contribution is -1.95. The summed E-state index contributed by atoms with van der Waals surface area (Å²) in [6, 6.07) is 3.26. The molecule has 0 aromatic heterocycles. The summed E-state index contributed by atoms with van der Waals surface area (Å²) >= 11 is 0. The lowest BCUT2D eigenvalue weighted by molar-refractivity contribution is -0.120. The Morgan fingerprint density at radius 1 is 1.14 bits per heavy atom. The third-order valence-corrected chi connectivity index (χ3v) is 1.91. The van der Waals surface area contributed by atoms with E-state index in [1.165, 1.54) is 0 Å². The van der Waals surface area contributed by atoms with E-state index in [1.54, 1.807) is 26.4 Å². The van der Waals surface area contributed by atoms with Gasteiger partial charge in [0.25, 0.3) is 6.47 Å². The fourth-order valence-corrected chi connectivity index (χ4v) is 1.19. The zero-order valence-electron chi connectivity index (χ0n) is 8.37. The topological polar surface area (TPSA) is 44.8 Å². The number of methoxy groups -OCH3 is 2. The predicted octanol–water partition coefficient (Wildman–Crippen LogP) is 1.55. The van der Waals surface area contributed by atoms with Crippen LogP contribution in [0.1, 0.15) is 5.56 Å². The van der Waals surface area contributed by atoms with Crippen LogP contribution in [0.4, 0.5) is 0 Å². The van der Waals surface area contributed by atoms with Crippen molar-refractivity contribution in [3.63, 3.8) is 0 Å². The first-order chi connectivity index (χ1) is 6.72. The van der Waals surface area contributed by atoms with E-state index in [1.807, 2.05) is 6.92 Å². The number of benzene rings is 1. The van der Waals surface area contributed by atoms with Crippen molar-refractivity contribution in [3.8, 4) is 17.2 Å². The van der Waals surface area contributed by atoms with E-state index in [0.29, 0.717) is 23.7 Å². The molecule has 0 N–H and O–H groups in total. The maximum absolute atomic E-state index is 10.2. The summed E-state index contributed by atoms with van der Waals surface area (Å²) in [5, 5.41) is 0. The first kappa shape index (κ1) is 10.4. The molecule has 0 saturated carbocycles. The first-order valence-corrected chi connectivity index (χ1v) is 4.05. The SMILES string of the molecule is COc1cc(OC=O)cc(OC)c1C. The minimum absolute atomic E-state index is 0.365. The van der Waals surface area contributed by atoms with Gasteiger partial charge in [-0.2, -0.15) is 0 Å². The number of carbonyl (C=O) groups is 1. The third-order valence-electron chi connectivity index (χ3n) is 1.91. The Labute approximate surface area is 82.4 Å². The Hall–Kier alpha value is -1.71. The van der Waals surface area contributed by atoms with Gasteiger partial charge in [-0.3, -0.25) is 4.79 Å². The van der Waals surface area contributed by atoms with Gasteiger partial charge in [0.2, 0.25) is 0 Å². The van der Waals surface area contributed by atoms with Crippen molar-refractivity contribution in [2.24, 2.45) is 0 Å². The molecule has 0 saturated heterocycles. The number of hydrogen-bond donors (Lipinski definition) is 0. The van der Waals surface area contributed by atoms with Crippen LogP contribution < -0.4 is 14.2 Å². The average molecular weight is 196 g/mol. The van der Waals surface area contributed by atoms with Crippen LogP contribution >= 0.6 is 0 Å². The molecule has 4 heteroatoms. The molecule has 0 fully saturated rings.